The van der Waals surface area contributed by atoms with Crippen LogP contribution < -0.4 is 11.1 Å². The van der Waals surface area contributed by atoms with Gasteiger partial charge in [-0.05, 0) is 30.3 Å². The fraction of sp³-hybridized carbons (Fsp3) is 0.158. The van der Waals surface area contributed by atoms with Crippen molar-refractivity contribution in [3.05, 3.63) is 54.0 Å². The molecule has 3 aromatic rings. The molecule has 1 aliphatic heterocycles. The SMILES string of the molecule is Nc1ccc(-c2cc(-c3cc4c([nH]3)CCNC4=O)ccn2)cn1.O=C(O)C(F)(F)F. The highest BCUT2D eigenvalue weighted by molar-refractivity contribution is 5.97. The molecule has 30 heavy (non-hydrogen) atoms. The number of nitrogen functional groups attached to an aromatic ring is 1. The number of halogens is 3. The Kier molecular flexibility index (Phi) is 5.72. The first kappa shape index (κ1) is 20.8. The fourth-order valence-corrected chi connectivity index (χ4v) is 2.76. The molecule has 1 amide bonds. The second kappa shape index (κ2) is 8.23. The average Bonchev–Trinajstić information content (AvgIpc) is 3.14. The molecule has 156 valence electrons. The van der Waals surface area contributed by atoms with E-state index in [0.717, 1.165) is 40.2 Å². The Hall–Kier alpha value is -3.89. The van der Waals surface area contributed by atoms with E-state index >= 15 is 0 Å². The van der Waals surface area contributed by atoms with E-state index in [9.17, 15) is 18.0 Å². The van der Waals surface area contributed by atoms with Crippen LogP contribution in [0.2, 0.25) is 0 Å². The number of carbonyl (C=O) groups is 2. The number of hydrogen-bond acceptors (Lipinski definition) is 5. The van der Waals surface area contributed by atoms with Gasteiger partial charge in [0.1, 0.15) is 5.82 Å². The van der Waals surface area contributed by atoms with Crippen LogP contribution in [0.25, 0.3) is 22.5 Å². The van der Waals surface area contributed by atoms with Gasteiger partial charge in [0, 0.05) is 47.9 Å². The van der Waals surface area contributed by atoms with Gasteiger partial charge in [-0.2, -0.15) is 13.2 Å². The number of carboxylic acids is 1. The molecule has 0 unspecified atom stereocenters. The number of hydrogen-bond donors (Lipinski definition) is 4. The van der Waals surface area contributed by atoms with Crippen molar-refractivity contribution in [2.45, 2.75) is 12.6 Å². The maximum absolute atomic E-state index is 11.9. The molecule has 0 spiro atoms. The number of H-pyrrole nitrogens is 1. The van der Waals surface area contributed by atoms with E-state index in [0.29, 0.717) is 12.4 Å². The average molecular weight is 419 g/mol. The first-order valence-corrected chi connectivity index (χ1v) is 8.63. The van der Waals surface area contributed by atoms with E-state index in [-0.39, 0.29) is 5.91 Å². The Bertz CT molecular complexity index is 1080. The Labute approximate surface area is 168 Å². The van der Waals surface area contributed by atoms with Crippen molar-refractivity contribution in [3.8, 4) is 22.5 Å². The first-order valence-electron chi connectivity index (χ1n) is 8.63. The van der Waals surface area contributed by atoms with E-state index < -0.39 is 12.1 Å². The molecular formula is C19H16F3N5O3. The molecule has 3 aromatic heterocycles. The number of alkyl halides is 3. The van der Waals surface area contributed by atoms with Gasteiger partial charge in [0.15, 0.2) is 0 Å². The summed E-state index contributed by atoms with van der Waals surface area (Å²) in [5.74, 6) is -2.30. The zero-order valence-corrected chi connectivity index (χ0v) is 15.3. The molecule has 4 heterocycles. The van der Waals surface area contributed by atoms with E-state index in [4.69, 9.17) is 15.6 Å². The molecule has 0 saturated carbocycles. The number of aromatic nitrogens is 3. The number of amides is 1. The summed E-state index contributed by atoms with van der Waals surface area (Å²) in [4.78, 5) is 32.6. The summed E-state index contributed by atoms with van der Waals surface area (Å²) < 4.78 is 31.7. The number of carboxylic acid groups (broad SMARTS) is 1. The highest BCUT2D eigenvalue weighted by Gasteiger charge is 2.38. The lowest BCUT2D eigenvalue weighted by Gasteiger charge is -2.10. The van der Waals surface area contributed by atoms with Gasteiger partial charge < -0.3 is 21.1 Å². The lowest BCUT2D eigenvalue weighted by molar-refractivity contribution is -0.192. The number of aromatic amines is 1. The quantitative estimate of drug-likeness (QED) is 0.505. The topological polar surface area (TPSA) is 134 Å². The fourth-order valence-electron chi connectivity index (χ4n) is 2.76. The van der Waals surface area contributed by atoms with Crippen molar-refractivity contribution in [1.82, 2.24) is 20.3 Å². The minimum Gasteiger partial charge on any atom is -0.475 e. The summed E-state index contributed by atoms with van der Waals surface area (Å²) in [6.45, 7) is 0.671. The Morgan fingerprint density at radius 3 is 2.47 bits per heavy atom. The third kappa shape index (κ3) is 4.74. The molecule has 1 aliphatic rings. The zero-order chi connectivity index (χ0) is 21.9. The molecule has 5 N–H and O–H groups in total. The number of nitrogens with one attached hydrogen (secondary N) is 2. The monoisotopic (exact) mass is 419 g/mol. The standard InChI is InChI=1S/C17H15N5O.C2HF3O2/c18-16-2-1-11(9-21-16)14-7-10(3-5-19-14)15-8-12-13(22-15)4-6-20-17(12)23;3-2(4,5)1(6)7/h1-3,5,7-9,22H,4,6H2,(H2,18,21)(H,20,23);(H,6,7). The molecule has 11 heteroatoms. The zero-order valence-electron chi connectivity index (χ0n) is 15.3. The predicted molar refractivity (Wildman–Crippen MR) is 101 cm³/mol. The van der Waals surface area contributed by atoms with Gasteiger partial charge in [-0.1, -0.05) is 0 Å². The van der Waals surface area contributed by atoms with Crippen LogP contribution in [0.3, 0.4) is 0 Å². The van der Waals surface area contributed by atoms with Gasteiger partial charge in [-0.3, -0.25) is 9.78 Å². The van der Waals surface area contributed by atoms with Crippen molar-refractivity contribution < 1.29 is 27.9 Å². The molecule has 0 aromatic carbocycles. The van der Waals surface area contributed by atoms with E-state index in [1.807, 2.05) is 24.3 Å². The second-order valence-corrected chi connectivity index (χ2v) is 6.29. The Morgan fingerprint density at radius 1 is 1.13 bits per heavy atom. The van der Waals surface area contributed by atoms with E-state index in [2.05, 4.69) is 20.3 Å². The third-order valence-corrected chi connectivity index (χ3v) is 4.20. The van der Waals surface area contributed by atoms with Gasteiger partial charge >= 0.3 is 12.1 Å². The number of fused-ring (bicyclic) bond motifs is 1. The minimum absolute atomic E-state index is 0.0224. The third-order valence-electron chi connectivity index (χ3n) is 4.20. The van der Waals surface area contributed by atoms with Crippen molar-refractivity contribution in [2.24, 2.45) is 0 Å². The Morgan fingerprint density at radius 2 is 1.87 bits per heavy atom. The smallest absolute Gasteiger partial charge is 0.475 e. The van der Waals surface area contributed by atoms with Gasteiger partial charge in [0.2, 0.25) is 0 Å². The normalized spacial score (nSPS) is 13.0. The molecule has 4 rings (SSSR count). The van der Waals surface area contributed by atoms with Crippen LogP contribution in [-0.4, -0.2) is 44.7 Å². The molecular weight excluding hydrogens is 403 g/mol. The number of aliphatic carboxylic acids is 1. The number of rotatable bonds is 2. The summed E-state index contributed by atoms with van der Waals surface area (Å²) in [7, 11) is 0. The van der Waals surface area contributed by atoms with Crippen molar-refractivity contribution in [1.29, 1.82) is 0 Å². The maximum Gasteiger partial charge on any atom is 0.490 e. The summed E-state index contributed by atoms with van der Waals surface area (Å²) in [6, 6.07) is 9.43. The van der Waals surface area contributed by atoms with E-state index in [1.54, 1.807) is 18.5 Å². The van der Waals surface area contributed by atoms with Crippen LogP contribution in [0.1, 0.15) is 16.1 Å². The maximum atomic E-state index is 11.9. The van der Waals surface area contributed by atoms with Crippen molar-refractivity contribution in [2.75, 3.05) is 12.3 Å². The number of nitrogens with two attached hydrogens (primary N) is 1. The second-order valence-electron chi connectivity index (χ2n) is 6.29. The number of anilines is 1. The lowest BCUT2D eigenvalue weighted by Crippen LogP contribution is -2.31. The van der Waals surface area contributed by atoms with Gasteiger partial charge in [-0.25, -0.2) is 9.78 Å². The van der Waals surface area contributed by atoms with Gasteiger partial charge in [-0.15, -0.1) is 0 Å². The molecule has 0 aliphatic carbocycles. The summed E-state index contributed by atoms with van der Waals surface area (Å²) in [5, 5.41) is 9.98. The largest absolute Gasteiger partial charge is 0.490 e. The summed E-state index contributed by atoms with van der Waals surface area (Å²) >= 11 is 0. The highest BCUT2D eigenvalue weighted by atomic mass is 19.4. The molecule has 0 saturated heterocycles. The van der Waals surface area contributed by atoms with Crippen LogP contribution in [0.15, 0.2) is 42.7 Å². The Balaban J connectivity index is 0.000000318. The van der Waals surface area contributed by atoms with E-state index in [1.165, 1.54) is 0 Å². The number of carbonyl (C=O) groups excluding carboxylic acids is 1. The van der Waals surface area contributed by atoms with Crippen molar-refractivity contribution in [3.63, 3.8) is 0 Å². The highest BCUT2D eigenvalue weighted by Crippen LogP contribution is 2.27. The number of nitrogens with zero attached hydrogens (tertiary/aromatic N) is 2. The molecule has 0 fully saturated rings. The van der Waals surface area contributed by atoms with Crippen LogP contribution >= 0.6 is 0 Å². The predicted octanol–water partition coefficient (Wildman–Crippen LogP) is 2.64. The molecule has 0 radical (unpaired) electrons. The molecule has 8 nitrogen and oxygen atoms in total. The summed E-state index contributed by atoms with van der Waals surface area (Å²) in [5.41, 5.74) is 10.9. The van der Waals surface area contributed by atoms with Gasteiger partial charge in [0.05, 0.1) is 11.3 Å². The van der Waals surface area contributed by atoms with Crippen LogP contribution in [0.4, 0.5) is 19.0 Å². The number of pyridine rings is 2. The first-order chi connectivity index (χ1) is 14.1. The van der Waals surface area contributed by atoms with Crippen LogP contribution in [0.5, 0.6) is 0 Å². The minimum atomic E-state index is -5.08. The lowest BCUT2D eigenvalue weighted by atomic mass is 10.1. The summed E-state index contributed by atoms with van der Waals surface area (Å²) in [6.07, 6.45) is -0.809. The van der Waals surface area contributed by atoms with Crippen LogP contribution in [0, 0.1) is 0 Å². The molecule has 0 bridgehead atoms. The van der Waals surface area contributed by atoms with Gasteiger partial charge in [0.25, 0.3) is 5.91 Å². The molecule has 0 atom stereocenters. The van der Waals surface area contributed by atoms with Crippen molar-refractivity contribution >= 4 is 17.7 Å². The van der Waals surface area contributed by atoms with Crippen LogP contribution in [-0.2, 0) is 11.2 Å².